The molecule has 0 aliphatic heterocycles. The third-order valence-electron chi connectivity index (χ3n) is 2.28. The summed E-state index contributed by atoms with van der Waals surface area (Å²) in [5.41, 5.74) is 6.01. The number of aliphatic carboxylic acids is 3. The van der Waals surface area contributed by atoms with Crippen LogP contribution in [-0.4, -0.2) is 66.7 Å². The predicted octanol–water partition coefficient (Wildman–Crippen LogP) is -2.09. The number of carboxylic acid groups (broad SMARTS) is 3. The molecule has 1 rings (SSSR count). The summed E-state index contributed by atoms with van der Waals surface area (Å²) in [6, 6.07) is 4.47. The van der Waals surface area contributed by atoms with Crippen molar-refractivity contribution in [2.45, 2.75) is 24.7 Å². The molecule has 3 atom stereocenters. The Kier molecular flexibility index (Phi) is 8.30. The Labute approximate surface area is 124 Å². The molecule has 0 radical (unpaired) electrons. The fraction of sp³-hybridized carbons (Fsp3) is 0.333. The Morgan fingerprint density at radius 2 is 1.50 bits per heavy atom. The number of hydrogen-bond acceptors (Lipinski definition) is 7. The van der Waals surface area contributed by atoms with E-state index < -0.39 is 36.2 Å². The van der Waals surface area contributed by atoms with E-state index in [9.17, 15) is 14.4 Å². The van der Waals surface area contributed by atoms with Gasteiger partial charge < -0.3 is 31.3 Å². The molecule has 1 aromatic heterocycles. The molecule has 0 saturated heterocycles. The molecule has 0 unspecified atom stereocenters. The van der Waals surface area contributed by atoms with Crippen LogP contribution in [0.25, 0.3) is 0 Å². The third-order valence-corrected chi connectivity index (χ3v) is 2.28. The van der Waals surface area contributed by atoms with E-state index >= 15 is 0 Å². The molecule has 0 spiro atoms. The lowest BCUT2D eigenvalue weighted by Crippen LogP contribution is -2.39. The van der Waals surface area contributed by atoms with E-state index in [1.165, 1.54) is 0 Å². The number of rotatable bonds is 6. The number of hydrogen-bond donors (Lipinski definition) is 6. The smallest absolute Gasteiger partial charge is 0.335 e. The minimum atomic E-state index is -2.27. The number of aromatic nitrogens is 1. The number of nitrogens with zero attached hydrogens (tertiary/aromatic N) is 1. The second-order valence-corrected chi connectivity index (χ2v) is 4.04. The summed E-state index contributed by atoms with van der Waals surface area (Å²) < 4.78 is 0. The Morgan fingerprint density at radius 1 is 1.00 bits per heavy atom. The van der Waals surface area contributed by atoms with E-state index in [1.807, 2.05) is 0 Å². The van der Waals surface area contributed by atoms with Gasteiger partial charge >= 0.3 is 17.9 Å². The van der Waals surface area contributed by atoms with Crippen molar-refractivity contribution in [2.75, 3.05) is 0 Å². The summed E-state index contributed by atoms with van der Waals surface area (Å²) in [7, 11) is 0. The van der Waals surface area contributed by atoms with Gasteiger partial charge in [0, 0.05) is 18.3 Å². The highest BCUT2D eigenvalue weighted by Crippen LogP contribution is 1.97. The van der Waals surface area contributed by atoms with Crippen molar-refractivity contribution in [3.63, 3.8) is 0 Å². The molecule has 7 N–H and O–H groups in total. The molecular formula is C12H16N2O8. The van der Waals surface area contributed by atoms with Gasteiger partial charge in [-0.1, -0.05) is 6.07 Å². The summed E-state index contributed by atoms with van der Waals surface area (Å²) in [4.78, 5) is 33.9. The molecule has 0 aliphatic rings. The Hall–Kier alpha value is -2.56. The molecule has 10 heteroatoms. The van der Waals surface area contributed by atoms with E-state index in [0.717, 1.165) is 0 Å². The molecule has 22 heavy (non-hydrogen) atoms. The first kappa shape index (κ1) is 19.4. The maximum atomic E-state index is 10.4. The summed E-state index contributed by atoms with van der Waals surface area (Å²) in [6.45, 7) is 0. The maximum absolute atomic E-state index is 10.4. The van der Waals surface area contributed by atoms with Crippen LogP contribution in [0.3, 0.4) is 0 Å². The van der Waals surface area contributed by atoms with Gasteiger partial charge in [0.15, 0.2) is 12.2 Å². The SMILES string of the molecule is N[C@@H](Cc1ccccn1)C(=O)O.O=C(O)[C@H](O)[C@@H](O)C(=O)O. The van der Waals surface area contributed by atoms with Crippen LogP contribution in [0.1, 0.15) is 5.69 Å². The number of carbonyl (C=O) groups is 3. The van der Waals surface area contributed by atoms with Gasteiger partial charge in [-0.15, -0.1) is 0 Å². The summed E-state index contributed by atoms with van der Waals surface area (Å²) in [6.07, 6.45) is -2.64. The minimum Gasteiger partial charge on any atom is -0.480 e. The highest BCUT2D eigenvalue weighted by atomic mass is 16.4. The Morgan fingerprint density at radius 3 is 1.82 bits per heavy atom. The Bertz CT molecular complexity index is 489. The topological polar surface area (TPSA) is 191 Å². The lowest BCUT2D eigenvalue weighted by atomic mass is 10.1. The van der Waals surface area contributed by atoms with Crippen LogP contribution in [-0.2, 0) is 20.8 Å². The van der Waals surface area contributed by atoms with Crippen molar-refractivity contribution in [1.82, 2.24) is 4.98 Å². The lowest BCUT2D eigenvalue weighted by molar-refractivity contribution is -0.165. The van der Waals surface area contributed by atoms with Gasteiger partial charge in [0.25, 0.3) is 0 Å². The zero-order valence-corrected chi connectivity index (χ0v) is 11.2. The predicted molar refractivity (Wildman–Crippen MR) is 70.8 cm³/mol. The van der Waals surface area contributed by atoms with Crippen LogP contribution in [0, 0.1) is 0 Å². The zero-order chi connectivity index (χ0) is 17.3. The number of nitrogens with two attached hydrogens (primary N) is 1. The lowest BCUT2D eigenvalue weighted by Gasteiger charge is -2.07. The summed E-state index contributed by atoms with van der Waals surface area (Å²) in [5, 5.41) is 41.0. The molecule has 0 saturated carbocycles. The average Bonchev–Trinajstić information content (AvgIpc) is 2.47. The number of pyridine rings is 1. The van der Waals surface area contributed by atoms with E-state index in [0.29, 0.717) is 5.69 Å². The van der Waals surface area contributed by atoms with Crippen molar-refractivity contribution < 1.29 is 39.9 Å². The van der Waals surface area contributed by atoms with Crippen molar-refractivity contribution in [3.8, 4) is 0 Å². The van der Waals surface area contributed by atoms with Gasteiger partial charge in [0.05, 0.1) is 0 Å². The van der Waals surface area contributed by atoms with Crippen LogP contribution in [0.2, 0.25) is 0 Å². The van der Waals surface area contributed by atoms with Gasteiger partial charge in [-0.3, -0.25) is 9.78 Å². The quantitative estimate of drug-likeness (QED) is 0.339. The largest absolute Gasteiger partial charge is 0.480 e. The highest BCUT2D eigenvalue weighted by Gasteiger charge is 2.29. The molecule has 0 aromatic carbocycles. The van der Waals surface area contributed by atoms with Crippen LogP contribution in [0.4, 0.5) is 0 Å². The molecule has 1 aromatic rings. The molecule has 1 heterocycles. The molecule has 122 valence electrons. The Balaban J connectivity index is 0.000000409. The van der Waals surface area contributed by atoms with Crippen molar-refractivity contribution in [3.05, 3.63) is 30.1 Å². The van der Waals surface area contributed by atoms with Crippen LogP contribution >= 0.6 is 0 Å². The molecule has 0 bridgehead atoms. The van der Waals surface area contributed by atoms with Crippen molar-refractivity contribution in [1.29, 1.82) is 0 Å². The van der Waals surface area contributed by atoms with Gasteiger partial charge in [-0.2, -0.15) is 0 Å². The van der Waals surface area contributed by atoms with Gasteiger partial charge in [0.1, 0.15) is 6.04 Å². The second-order valence-electron chi connectivity index (χ2n) is 4.04. The first-order valence-corrected chi connectivity index (χ1v) is 5.86. The second kappa shape index (κ2) is 9.39. The maximum Gasteiger partial charge on any atom is 0.335 e. The van der Waals surface area contributed by atoms with E-state index in [2.05, 4.69) is 4.98 Å². The van der Waals surface area contributed by atoms with Crippen molar-refractivity contribution >= 4 is 17.9 Å². The number of carboxylic acids is 3. The first-order chi connectivity index (χ1) is 10.2. The van der Waals surface area contributed by atoms with Crippen molar-refractivity contribution in [2.24, 2.45) is 5.73 Å². The average molecular weight is 316 g/mol. The minimum absolute atomic E-state index is 0.274. The fourth-order valence-electron chi connectivity index (χ4n) is 1.10. The number of aliphatic hydroxyl groups excluding tert-OH is 2. The summed E-state index contributed by atoms with van der Waals surface area (Å²) >= 11 is 0. The standard InChI is InChI=1S/C8H10N2O2.C4H6O6/c9-7(8(11)12)5-6-3-1-2-4-10-6;5-1(3(7)8)2(6)4(9)10/h1-4,7H,5,9H2,(H,11,12);1-2,5-6H,(H,7,8)(H,9,10)/t7-;1-,2-/m01/s1. The molecule has 0 fully saturated rings. The third kappa shape index (κ3) is 7.28. The van der Waals surface area contributed by atoms with E-state index in [-0.39, 0.29) is 6.42 Å². The molecule has 10 nitrogen and oxygen atoms in total. The van der Waals surface area contributed by atoms with Gasteiger partial charge in [-0.05, 0) is 12.1 Å². The highest BCUT2D eigenvalue weighted by molar-refractivity contribution is 5.83. The zero-order valence-electron chi connectivity index (χ0n) is 11.2. The fourth-order valence-corrected chi connectivity index (χ4v) is 1.10. The van der Waals surface area contributed by atoms with Gasteiger partial charge in [-0.25, -0.2) is 9.59 Å². The molecular weight excluding hydrogens is 300 g/mol. The van der Waals surface area contributed by atoms with Gasteiger partial charge in [0.2, 0.25) is 0 Å². The molecule has 0 amide bonds. The molecule has 0 aliphatic carbocycles. The van der Waals surface area contributed by atoms with E-state index in [1.54, 1.807) is 24.4 Å². The summed E-state index contributed by atoms with van der Waals surface area (Å²) in [5.74, 6) is -4.54. The van der Waals surface area contributed by atoms with E-state index in [4.69, 9.17) is 31.3 Å². The van der Waals surface area contributed by atoms with Crippen LogP contribution < -0.4 is 5.73 Å². The number of aliphatic hydroxyl groups is 2. The monoisotopic (exact) mass is 316 g/mol. The normalized spacial score (nSPS) is 14.0. The van der Waals surface area contributed by atoms with Crippen LogP contribution in [0.5, 0.6) is 0 Å². The van der Waals surface area contributed by atoms with Crippen LogP contribution in [0.15, 0.2) is 24.4 Å². The first-order valence-electron chi connectivity index (χ1n) is 5.86.